The second kappa shape index (κ2) is 5.49. The monoisotopic (exact) mass is 284 g/mol. The summed E-state index contributed by atoms with van der Waals surface area (Å²) in [5.74, 6) is 0.927. The fraction of sp³-hybridized carbons (Fsp3) is 0.0500. The summed E-state index contributed by atoms with van der Waals surface area (Å²) in [6.45, 7) is 0. The largest absolute Gasteiger partial charge is 0.338 e. The minimum Gasteiger partial charge on any atom is -0.338 e. The van der Waals surface area contributed by atoms with Crippen LogP contribution in [-0.2, 0) is 6.42 Å². The van der Waals surface area contributed by atoms with Gasteiger partial charge in [-0.25, -0.2) is 4.98 Å². The van der Waals surface area contributed by atoms with E-state index in [1.165, 1.54) is 11.1 Å². The Morgan fingerprint density at radius 1 is 0.727 bits per heavy atom. The van der Waals surface area contributed by atoms with Crippen molar-refractivity contribution in [1.82, 2.24) is 9.97 Å². The molecule has 106 valence electrons. The number of fused-ring (bicyclic) bond motifs is 1. The topological polar surface area (TPSA) is 28.7 Å². The number of imidazole rings is 1. The average molecular weight is 284 g/mol. The van der Waals surface area contributed by atoms with E-state index < -0.39 is 0 Å². The minimum absolute atomic E-state index is 0.900. The number of hydrogen-bond acceptors (Lipinski definition) is 1. The third kappa shape index (κ3) is 2.40. The molecule has 0 fully saturated rings. The Kier molecular flexibility index (Phi) is 3.20. The fourth-order valence-electron chi connectivity index (χ4n) is 2.78. The maximum atomic E-state index is 4.82. The van der Waals surface area contributed by atoms with Crippen molar-refractivity contribution in [1.29, 1.82) is 0 Å². The molecule has 1 aromatic heterocycles. The lowest BCUT2D eigenvalue weighted by Gasteiger charge is -2.02. The summed E-state index contributed by atoms with van der Waals surface area (Å²) in [5.41, 5.74) is 5.82. The number of H-pyrrole nitrogens is 1. The number of hydrogen-bond donors (Lipinski definition) is 1. The molecular formula is C20H16N2. The molecule has 22 heavy (non-hydrogen) atoms. The molecule has 2 nitrogen and oxygen atoms in total. The molecule has 0 atom stereocenters. The molecule has 0 amide bonds. The first-order valence-corrected chi connectivity index (χ1v) is 7.47. The van der Waals surface area contributed by atoms with Gasteiger partial charge in [0.25, 0.3) is 0 Å². The smallest absolute Gasteiger partial charge is 0.138 e. The van der Waals surface area contributed by atoms with Gasteiger partial charge in [0.05, 0.1) is 11.0 Å². The number of nitrogens with one attached hydrogen (secondary N) is 1. The number of aromatic amines is 1. The van der Waals surface area contributed by atoms with Crippen molar-refractivity contribution in [2.24, 2.45) is 0 Å². The molecule has 0 saturated carbocycles. The molecule has 1 N–H and O–H groups in total. The molecule has 2 heteroatoms. The van der Waals surface area contributed by atoms with Crippen LogP contribution >= 0.6 is 0 Å². The van der Waals surface area contributed by atoms with E-state index in [1.54, 1.807) is 0 Å². The SMILES string of the molecule is c1ccc(Cc2cccc3[nH]c(-c4ccccc4)nc23)cc1. The molecule has 0 unspecified atom stereocenters. The molecule has 0 aliphatic heterocycles. The first-order chi connectivity index (χ1) is 10.9. The summed E-state index contributed by atoms with van der Waals surface area (Å²) in [4.78, 5) is 8.25. The molecule has 4 aromatic rings. The highest BCUT2D eigenvalue weighted by Crippen LogP contribution is 2.24. The van der Waals surface area contributed by atoms with Crippen LogP contribution in [0.5, 0.6) is 0 Å². The number of para-hydroxylation sites is 1. The predicted octanol–water partition coefficient (Wildman–Crippen LogP) is 4.82. The Labute approximate surface area is 129 Å². The molecule has 0 radical (unpaired) electrons. The van der Waals surface area contributed by atoms with E-state index in [2.05, 4.69) is 59.6 Å². The zero-order chi connectivity index (χ0) is 14.8. The molecular weight excluding hydrogens is 268 g/mol. The van der Waals surface area contributed by atoms with Gasteiger partial charge in [0, 0.05) is 5.56 Å². The Hall–Kier alpha value is -2.87. The van der Waals surface area contributed by atoms with Gasteiger partial charge >= 0.3 is 0 Å². The van der Waals surface area contributed by atoms with E-state index in [0.29, 0.717) is 0 Å². The first-order valence-electron chi connectivity index (χ1n) is 7.47. The van der Waals surface area contributed by atoms with Gasteiger partial charge in [-0.05, 0) is 23.6 Å². The van der Waals surface area contributed by atoms with Gasteiger partial charge in [-0.3, -0.25) is 0 Å². The van der Waals surface area contributed by atoms with Crippen molar-refractivity contribution in [3.05, 3.63) is 90.0 Å². The molecule has 0 saturated heterocycles. The van der Waals surface area contributed by atoms with Gasteiger partial charge in [-0.15, -0.1) is 0 Å². The molecule has 3 aromatic carbocycles. The Balaban J connectivity index is 1.78. The zero-order valence-corrected chi connectivity index (χ0v) is 12.2. The van der Waals surface area contributed by atoms with E-state index in [0.717, 1.165) is 28.8 Å². The van der Waals surface area contributed by atoms with Gasteiger partial charge in [-0.1, -0.05) is 72.8 Å². The normalized spacial score (nSPS) is 10.9. The van der Waals surface area contributed by atoms with E-state index in [9.17, 15) is 0 Å². The Morgan fingerprint density at radius 3 is 2.23 bits per heavy atom. The van der Waals surface area contributed by atoms with Crippen molar-refractivity contribution in [2.75, 3.05) is 0 Å². The van der Waals surface area contributed by atoms with Crippen molar-refractivity contribution in [3.63, 3.8) is 0 Å². The third-order valence-corrected chi connectivity index (χ3v) is 3.88. The lowest BCUT2D eigenvalue weighted by molar-refractivity contribution is 1.20. The van der Waals surface area contributed by atoms with E-state index in [1.807, 2.05) is 24.3 Å². The number of nitrogens with zero attached hydrogens (tertiary/aromatic N) is 1. The van der Waals surface area contributed by atoms with Crippen molar-refractivity contribution in [2.45, 2.75) is 6.42 Å². The highest BCUT2D eigenvalue weighted by molar-refractivity contribution is 5.82. The summed E-state index contributed by atoms with van der Waals surface area (Å²) in [6.07, 6.45) is 0.900. The summed E-state index contributed by atoms with van der Waals surface area (Å²) in [6, 6.07) is 27.1. The van der Waals surface area contributed by atoms with Gasteiger partial charge < -0.3 is 4.98 Å². The second-order valence-electron chi connectivity index (χ2n) is 5.43. The third-order valence-electron chi connectivity index (χ3n) is 3.88. The van der Waals surface area contributed by atoms with Crippen LogP contribution in [0.3, 0.4) is 0 Å². The van der Waals surface area contributed by atoms with Crippen LogP contribution in [0, 0.1) is 0 Å². The van der Waals surface area contributed by atoms with E-state index in [4.69, 9.17) is 4.98 Å². The predicted molar refractivity (Wildman–Crippen MR) is 90.8 cm³/mol. The standard InChI is InChI=1S/C20H16N2/c1-3-8-15(9-4-1)14-17-12-7-13-18-19(17)22-20(21-18)16-10-5-2-6-11-16/h1-13H,14H2,(H,21,22). The molecule has 4 rings (SSSR count). The molecule has 0 aliphatic carbocycles. The lowest BCUT2D eigenvalue weighted by Crippen LogP contribution is -1.89. The van der Waals surface area contributed by atoms with Crippen LogP contribution in [0.4, 0.5) is 0 Å². The Bertz CT molecular complexity index is 893. The van der Waals surface area contributed by atoms with Gasteiger partial charge in [0.1, 0.15) is 5.82 Å². The molecule has 0 spiro atoms. The van der Waals surface area contributed by atoms with Crippen LogP contribution in [0.1, 0.15) is 11.1 Å². The van der Waals surface area contributed by atoms with Crippen LogP contribution < -0.4 is 0 Å². The lowest BCUT2D eigenvalue weighted by atomic mass is 10.0. The molecule has 1 heterocycles. The summed E-state index contributed by atoms with van der Waals surface area (Å²) in [7, 11) is 0. The highest BCUT2D eigenvalue weighted by Gasteiger charge is 2.09. The van der Waals surface area contributed by atoms with Crippen LogP contribution in [0.25, 0.3) is 22.4 Å². The van der Waals surface area contributed by atoms with Crippen molar-refractivity contribution < 1.29 is 0 Å². The Morgan fingerprint density at radius 2 is 1.45 bits per heavy atom. The first kappa shape index (κ1) is 12.8. The number of benzene rings is 3. The van der Waals surface area contributed by atoms with Crippen LogP contribution in [0.15, 0.2) is 78.9 Å². The minimum atomic E-state index is 0.900. The van der Waals surface area contributed by atoms with Crippen molar-refractivity contribution >= 4 is 11.0 Å². The summed E-state index contributed by atoms with van der Waals surface area (Å²) < 4.78 is 0. The van der Waals surface area contributed by atoms with Crippen LogP contribution in [0.2, 0.25) is 0 Å². The molecule has 0 aliphatic rings. The maximum Gasteiger partial charge on any atom is 0.138 e. The fourth-order valence-corrected chi connectivity index (χ4v) is 2.78. The summed E-state index contributed by atoms with van der Waals surface area (Å²) >= 11 is 0. The highest BCUT2D eigenvalue weighted by atomic mass is 14.9. The van der Waals surface area contributed by atoms with E-state index >= 15 is 0 Å². The number of rotatable bonds is 3. The van der Waals surface area contributed by atoms with Crippen molar-refractivity contribution in [3.8, 4) is 11.4 Å². The molecule has 0 bridgehead atoms. The maximum absolute atomic E-state index is 4.82. The van der Waals surface area contributed by atoms with Gasteiger partial charge in [0.15, 0.2) is 0 Å². The quantitative estimate of drug-likeness (QED) is 0.574. The van der Waals surface area contributed by atoms with Gasteiger partial charge in [0.2, 0.25) is 0 Å². The summed E-state index contributed by atoms with van der Waals surface area (Å²) in [5, 5.41) is 0. The number of aromatic nitrogens is 2. The average Bonchev–Trinajstić information content (AvgIpc) is 3.02. The zero-order valence-electron chi connectivity index (χ0n) is 12.2. The second-order valence-corrected chi connectivity index (χ2v) is 5.43. The van der Waals surface area contributed by atoms with E-state index in [-0.39, 0.29) is 0 Å². The van der Waals surface area contributed by atoms with Gasteiger partial charge in [-0.2, -0.15) is 0 Å². The van der Waals surface area contributed by atoms with Crippen LogP contribution in [-0.4, -0.2) is 9.97 Å².